The zero-order valence-corrected chi connectivity index (χ0v) is 19.7. The van der Waals surface area contributed by atoms with Gasteiger partial charge < -0.3 is 4.74 Å². The summed E-state index contributed by atoms with van der Waals surface area (Å²) in [5, 5.41) is 2.42. The highest BCUT2D eigenvalue weighted by molar-refractivity contribution is 9.09. The molecule has 3 rings (SSSR count). The third-order valence-corrected chi connectivity index (χ3v) is 7.03. The Labute approximate surface area is 189 Å². The van der Waals surface area contributed by atoms with E-state index in [1.807, 2.05) is 25.1 Å². The van der Waals surface area contributed by atoms with Crippen molar-refractivity contribution in [1.29, 1.82) is 0 Å². The first-order chi connectivity index (χ1) is 14.4. The lowest BCUT2D eigenvalue weighted by Gasteiger charge is -2.13. The van der Waals surface area contributed by atoms with E-state index in [4.69, 9.17) is 4.74 Å². The number of rotatable bonds is 9. The first-order valence-electron chi connectivity index (χ1n) is 10.3. The third kappa shape index (κ3) is 5.64. The van der Waals surface area contributed by atoms with Gasteiger partial charge in [-0.2, -0.15) is 0 Å². The molecule has 1 atom stereocenters. The Morgan fingerprint density at radius 2 is 1.97 bits per heavy atom. The van der Waals surface area contributed by atoms with E-state index in [1.54, 1.807) is 12.3 Å². The van der Waals surface area contributed by atoms with Gasteiger partial charge in [0.1, 0.15) is 10.8 Å². The number of aromatic nitrogens is 1. The lowest BCUT2D eigenvalue weighted by Crippen LogP contribution is -2.16. The van der Waals surface area contributed by atoms with Crippen LogP contribution in [0.5, 0.6) is 0 Å². The summed E-state index contributed by atoms with van der Waals surface area (Å²) in [4.78, 5) is 41.3. The molecule has 0 radical (unpaired) electrons. The summed E-state index contributed by atoms with van der Waals surface area (Å²) < 4.78 is 4.99. The van der Waals surface area contributed by atoms with Crippen LogP contribution in [0.3, 0.4) is 0 Å². The molecular weight excluding hydrogens is 466 g/mol. The maximum absolute atomic E-state index is 13.0. The van der Waals surface area contributed by atoms with Gasteiger partial charge in [-0.15, -0.1) is 11.3 Å². The molecule has 1 aliphatic rings. The van der Waals surface area contributed by atoms with Gasteiger partial charge in [0.25, 0.3) is 0 Å². The molecule has 30 heavy (non-hydrogen) atoms. The Kier molecular flexibility index (Phi) is 7.94. The number of ketones is 2. The van der Waals surface area contributed by atoms with Crippen molar-refractivity contribution in [3.8, 4) is 0 Å². The van der Waals surface area contributed by atoms with Crippen molar-refractivity contribution in [2.75, 3.05) is 6.61 Å². The van der Waals surface area contributed by atoms with Crippen molar-refractivity contribution in [3.05, 3.63) is 51.0 Å². The van der Waals surface area contributed by atoms with Crippen LogP contribution < -0.4 is 0 Å². The van der Waals surface area contributed by atoms with Crippen LogP contribution in [-0.2, 0) is 27.2 Å². The molecule has 0 aliphatic heterocycles. The van der Waals surface area contributed by atoms with E-state index in [9.17, 15) is 14.4 Å². The molecule has 0 amide bonds. The van der Waals surface area contributed by atoms with E-state index < -0.39 is 10.8 Å². The van der Waals surface area contributed by atoms with Crippen LogP contribution in [0.4, 0.5) is 0 Å². The van der Waals surface area contributed by atoms with Gasteiger partial charge in [-0.3, -0.25) is 14.4 Å². The number of carbonyl (C=O) groups excluding carboxylic acids is 3. The predicted molar refractivity (Wildman–Crippen MR) is 120 cm³/mol. The van der Waals surface area contributed by atoms with Gasteiger partial charge in [0, 0.05) is 23.3 Å². The first kappa shape index (κ1) is 22.8. The molecule has 1 heterocycles. The molecule has 7 heteroatoms. The van der Waals surface area contributed by atoms with E-state index >= 15 is 0 Å². The molecule has 0 bridgehead atoms. The predicted octanol–water partition coefficient (Wildman–Crippen LogP) is 5.18. The zero-order chi connectivity index (χ0) is 21.7. The molecule has 1 aromatic carbocycles. The monoisotopic (exact) mass is 491 g/mol. The quantitative estimate of drug-likeness (QED) is 0.274. The molecule has 0 spiro atoms. The van der Waals surface area contributed by atoms with E-state index in [-0.39, 0.29) is 30.3 Å². The summed E-state index contributed by atoms with van der Waals surface area (Å²) in [5.41, 5.74) is 3.07. The first-order valence-corrected chi connectivity index (χ1v) is 12.1. The molecule has 160 valence electrons. The summed E-state index contributed by atoms with van der Waals surface area (Å²) in [6.07, 6.45) is 4.47. The number of ether oxygens (including phenoxy) is 1. The second-order valence-corrected chi connectivity index (χ2v) is 9.54. The van der Waals surface area contributed by atoms with Crippen molar-refractivity contribution in [2.24, 2.45) is 5.92 Å². The number of aryl methyl sites for hydroxylation is 1. The average Bonchev–Trinajstić information content (AvgIpc) is 3.40. The molecule has 1 saturated carbocycles. The number of benzene rings is 1. The van der Waals surface area contributed by atoms with Crippen LogP contribution in [0, 0.1) is 12.8 Å². The molecule has 5 nitrogen and oxygen atoms in total. The van der Waals surface area contributed by atoms with Crippen molar-refractivity contribution in [2.45, 2.75) is 57.2 Å². The van der Waals surface area contributed by atoms with Crippen LogP contribution in [-0.4, -0.2) is 29.1 Å². The normalized spacial score (nSPS) is 15.2. The highest BCUT2D eigenvalue weighted by atomic mass is 79.9. The largest absolute Gasteiger partial charge is 0.465 e. The Morgan fingerprint density at radius 1 is 1.23 bits per heavy atom. The molecular formula is C23H26BrNO4S. The minimum Gasteiger partial charge on any atom is -0.465 e. The second kappa shape index (κ2) is 10.4. The highest BCUT2D eigenvalue weighted by Crippen LogP contribution is 2.30. The van der Waals surface area contributed by atoms with Crippen molar-refractivity contribution >= 4 is 44.8 Å². The van der Waals surface area contributed by atoms with Crippen molar-refractivity contribution in [1.82, 2.24) is 4.98 Å². The maximum atomic E-state index is 13.0. The summed E-state index contributed by atoms with van der Waals surface area (Å²) in [7, 11) is 0. The van der Waals surface area contributed by atoms with Crippen LogP contribution in [0.25, 0.3) is 0 Å². The summed E-state index contributed by atoms with van der Waals surface area (Å²) in [6.45, 7) is 4.02. The van der Waals surface area contributed by atoms with Crippen LogP contribution in [0.15, 0.2) is 23.6 Å². The summed E-state index contributed by atoms with van der Waals surface area (Å²) in [5.74, 6) is -0.133. The van der Waals surface area contributed by atoms with Crippen LogP contribution in [0.2, 0.25) is 0 Å². The lowest BCUT2D eigenvalue weighted by atomic mass is 9.90. The summed E-state index contributed by atoms with van der Waals surface area (Å²) >= 11 is 4.65. The molecule has 0 N–H and O–H groups in total. The van der Waals surface area contributed by atoms with Crippen LogP contribution >= 0.6 is 27.3 Å². The van der Waals surface area contributed by atoms with E-state index in [1.165, 1.54) is 11.3 Å². The zero-order valence-electron chi connectivity index (χ0n) is 17.3. The fourth-order valence-corrected chi connectivity index (χ4v) is 5.17. The number of hydrogen-bond donors (Lipinski definition) is 0. The standard InChI is InChI=1S/C23H26BrNO4S/c1-3-29-23(28)21(24)19-13-30-20(25-19)12-17(26)11-16-9-8-14(2)10-18(16)22(27)15-6-4-5-7-15/h8-10,13,15,21H,3-7,11-12H2,1-2H3. The lowest BCUT2D eigenvalue weighted by molar-refractivity contribution is -0.142. The van der Waals surface area contributed by atoms with Gasteiger partial charge in [0.15, 0.2) is 10.6 Å². The van der Waals surface area contributed by atoms with E-state index in [0.717, 1.165) is 36.8 Å². The van der Waals surface area contributed by atoms with Crippen LogP contribution in [0.1, 0.15) is 69.6 Å². The van der Waals surface area contributed by atoms with Gasteiger partial charge in [-0.05, 0) is 38.3 Å². The maximum Gasteiger partial charge on any atom is 0.325 e. The smallest absolute Gasteiger partial charge is 0.325 e. The fourth-order valence-electron chi connectivity index (χ4n) is 3.78. The second-order valence-electron chi connectivity index (χ2n) is 7.68. The molecule has 1 fully saturated rings. The van der Waals surface area contributed by atoms with Gasteiger partial charge in [-0.25, -0.2) is 4.98 Å². The van der Waals surface area contributed by atoms with Gasteiger partial charge >= 0.3 is 5.97 Å². The Balaban J connectivity index is 1.68. The average molecular weight is 492 g/mol. The number of halogens is 1. The SMILES string of the molecule is CCOC(=O)C(Br)c1csc(CC(=O)Cc2ccc(C)cc2C(=O)C2CCCC2)n1. The minimum absolute atomic E-state index is 0.00230. The van der Waals surface area contributed by atoms with Gasteiger partial charge in [0.2, 0.25) is 0 Å². The van der Waals surface area contributed by atoms with E-state index in [0.29, 0.717) is 22.9 Å². The third-order valence-electron chi connectivity index (χ3n) is 5.32. The molecule has 0 saturated heterocycles. The molecule has 1 unspecified atom stereocenters. The number of hydrogen-bond acceptors (Lipinski definition) is 6. The highest BCUT2D eigenvalue weighted by Gasteiger charge is 2.26. The number of esters is 1. The number of carbonyl (C=O) groups is 3. The molecule has 2 aromatic rings. The Morgan fingerprint density at radius 3 is 2.67 bits per heavy atom. The van der Waals surface area contributed by atoms with Crippen molar-refractivity contribution in [3.63, 3.8) is 0 Å². The fraction of sp³-hybridized carbons (Fsp3) is 0.478. The molecule has 1 aliphatic carbocycles. The minimum atomic E-state index is -0.634. The van der Waals surface area contributed by atoms with E-state index in [2.05, 4.69) is 20.9 Å². The Hall–Kier alpha value is -1.86. The number of thiazole rings is 1. The number of nitrogens with zero attached hydrogens (tertiary/aromatic N) is 1. The van der Waals surface area contributed by atoms with Gasteiger partial charge in [-0.1, -0.05) is 46.5 Å². The number of Topliss-reactive ketones (excluding diaryl/α,β-unsaturated/α-hetero) is 2. The molecule has 1 aromatic heterocycles. The van der Waals surface area contributed by atoms with Crippen molar-refractivity contribution < 1.29 is 19.1 Å². The van der Waals surface area contributed by atoms with Gasteiger partial charge in [0.05, 0.1) is 18.7 Å². The topological polar surface area (TPSA) is 73.3 Å². The summed E-state index contributed by atoms with van der Waals surface area (Å²) in [6, 6.07) is 5.77. The Bertz CT molecular complexity index is 933. The number of alkyl halides is 1.